The molecule has 3 aromatic carbocycles. The van der Waals surface area contributed by atoms with E-state index in [2.05, 4.69) is 0 Å². The first-order valence-corrected chi connectivity index (χ1v) is 8.61. The molecule has 0 bridgehead atoms. The fraction of sp³-hybridized carbons (Fsp3) is 0.0870. The van der Waals surface area contributed by atoms with Crippen molar-refractivity contribution in [2.45, 2.75) is 0 Å². The van der Waals surface area contributed by atoms with E-state index in [9.17, 15) is 9.90 Å². The molecule has 0 radical (unpaired) electrons. The van der Waals surface area contributed by atoms with Crippen molar-refractivity contribution in [1.29, 1.82) is 0 Å². The molecule has 3 rings (SSSR count). The van der Waals surface area contributed by atoms with Gasteiger partial charge in [-0.15, -0.1) is 0 Å². The molecule has 0 atom stereocenters. The first-order valence-electron chi connectivity index (χ1n) is 8.61. The molecule has 28 heavy (non-hydrogen) atoms. The normalized spacial score (nSPS) is 11.0. The summed E-state index contributed by atoms with van der Waals surface area (Å²) in [6.07, 6.45) is 1.46. The summed E-state index contributed by atoms with van der Waals surface area (Å²) in [5.41, 5.74) is 2.83. The maximum atomic E-state index is 11.7. The minimum atomic E-state index is -1.19. The number of methoxy groups -OCH3 is 2. The largest absolute Gasteiger partial charge is 0.493 e. The smallest absolute Gasteiger partial charge is 0.371 e. The summed E-state index contributed by atoms with van der Waals surface area (Å²) in [4.78, 5) is 11.7. The third-order valence-corrected chi connectivity index (χ3v) is 4.12. The molecule has 0 heterocycles. The highest BCUT2D eigenvalue weighted by Gasteiger charge is 2.18. The van der Waals surface area contributed by atoms with E-state index < -0.39 is 5.97 Å². The molecule has 0 amide bonds. The SMILES string of the molecule is COc1cccc(OC)c1OC(=Cc1ccc(-c2ccccc2)cc1)C(=O)O. The van der Waals surface area contributed by atoms with Gasteiger partial charge in [-0.1, -0.05) is 60.7 Å². The van der Waals surface area contributed by atoms with Gasteiger partial charge in [0.25, 0.3) is 0 Å². The van der Waals surface area contributed by atoms with Crippen LogP contribution >= 0.6 is 0 Å². The van der Waals surface area contributed by atoms with Gasteiger partial charge < -0.3 is 19.3 Å². The van der Waals surface area contributed by atoms with Crippen LogP contribution in [-0.2, 0) is 4.79 Å². The number of hydrogen-bond donors (Lipinski definition) is 1. The molecular weight excluding hydrogens is 356 g/mol. The third-order valence-electron chi connectivity index (χ3n) is 4.12. The second-order valence-electron chi connectivity index (χ2n) is 5.90. The summed E-state index contributed by atoms with van der Waals surface area (Å²) in [5, 5.41) is 9.58. The van der Waals surface area contributed by atoms with E-state index >= 15 is 0 Å². The molecule has 0 spiro atoms. The van der Waals surface area contributed by atoms with Gasteiger partial charge >= 0.3 is 5.97 Å². The molecule has 0 aliphatic rings. The fourth-order valence-electron chi connectivity index (χ4n) is 2.72. The number of carbonyl (C=O) groups is 1. The second kappa shape index (κ2) is 8.77. The summed E-state index contributed by atoms with van der Waals surface area (Å²) in [6, 6.07) is 22.6. The number of aliphatic carboxylic acids is 1. The van der Waals surface area contributed by atoms with E-state index in [-0.39, 0.29) is 11.5 Å². The number of carboxylic acid groups (broad SMARTS) is 1. The maximum absolute atomic E-state index is 11.7. The van der Waals surface area contributed by atoms with E-state index in [1.807, 2.05) is 54.6 Å². The van der Waals surface area contributed by atoms with Crippen molar-refractivity contribution in [3.05, 3.63) is 84.1 Å². The fourth-order valence-corrected chi connectivity index (χ4v) is 2.72. The van der Waals surface area contributed by atoms with Gasteiger partial charge in [0.2, 0.25) is 11.5 Å². The molecular formula is C23H20O5. The summed E-state index contributed by atoms with van der Waals surface area (Å²) >= 11 is 0. The zero-order valence-corrected chi connectivity index (χ0v) is 15.6. The quantitative estimate of drug-likeness (QED) is 0.470. The Kier molecular flexibility index (Phi) is 5.97. The topological polar surface area (TPSA) is 65.0 Å². The Morgan fingerprint density at radius 1 is 0.786 bits per heavy atom. The molecule has 5 nitrogen and oxygen atoms in total. The molecule has 0 fully saturated rings. The summed E-state index contributed by atoms with van der Waals surface area (Å²) in [7, 11) is 2.96. The molecule has 0 aliphatic heterocycles. The summed E-state index contributed by atoms with van der Waals surface area (Å²) in [6.45, 7) is 0. The number of rotatable bonds is 7. The number of hydrogen-bond acceptors (Lipinski definition) is 4. The Bertz CT molecular complexity index is 953. The van der Waals surface area contributed by atoms with Gasteiger partial charge in [-0.3, -0.25) is 0 Å². The molecule has 1 N–H and O–H groups in total. The van der Waals surface area contributed by atoms with Crippen LogP contribution in [0.3, 0.4) is 0 Å². The van der Waals surface area contributed by atoms with Crippen LogP contribution in [0.5, 0.6) is 17.2 Å². The molecule has 0 saturated heterocycles. The van der Waals surface area contributed by atoms with E-state index in [0.717, 1.165) is 11.1 Å². The van der Waals surface area contributed by atoms with Crippen molar-refractivity contribution in [3.63, 3.8) is 0 Å². The van der Waals surface area contributed by atoms with Crippen LogP contribution in [0.25, 0.3) is 17.2 Å². The van der Waals surface area contributed by atoms with Gasteiger partial charge in [-0.25, -0.2) is 4.79 Å². The van der Waals surface area contributed by atoms with Crippen molar-refractivity contribution in [2.24, 2.45) is 0 Å². The predicted octanol–water partition coefficient (Wildman–Crippen LogP) is 4.88. The van der Waals surface area contributed by atoms with Crippen molar-refractivity contribution in [1.82, 2.24) is 0 Å². The lowest BCUT2D eigenvalue weighted by Gasteiger charge is -2.14. The minimum Gasteiger partial charge on any atom is -0.493 e. The van der Waals surface area contributed by atoms with Gasteiger partial charge in [-0.2, -0.15) is 0 Å². The van der Waals surface area contributed by atoms with Crippen molar-refractivity contribution < 1.29 is 24.1 Å². The highest BCUT2D eigenvalue weighted by atomic mass is 16.6. The van der Waals surface area contributed by atoms with Crippen molar-refractivity contribution in [3.8, 4) is 28.4 Å². The molecule has 0 unspecified atom stereocenters. The Morgan fingerprint density at radius 2 is 1.36 bits per heavy atom. The zero-order valence-electron chi connectivity index (χ0n) is 15.6. The maximum Gasteiger partial charge on any atom is 0.371 e. The number of benzene rings is 3. The van der Waals surface area contributed by atoms with Crippen molar-refractivity contribution >= 4 is 12.0 Å². The Labute approximate surface area is 163 Å². The lowest BCUT2D eigenvalue weighted by Crippen LogP contribution is -2.09. The highest BCUT2D eigenvalue weighted by Crippen LogP contribution is 2.38. The number of ether oxygens (including phenoxy) is 3. The van der Waals surface area contributed by atoms with Crippen LogP contribution in [0.4, 0.5) is 0 Å². The standard InChI is InChI=1S/C23H20O5/c1-26-19-9-6-10-20(27-2)22(19)28-21(23(24)25)15-16-11-13-18(14-12-16)17-7-4-3-5-8-17/h3-15H,1-2H3,(H,24,25). The average Bonchev–Trinajstić information content (AvgIpc) is 2.74. The van der Waals surface area contributed by atoms with Gasteiger partial charge in [0.1, 0.15) is 0 Å². The summed E-state index contributed by atoms with van der Waals surface area (Å²) < 4.78 is 16.2. The zero-order chi connectivity index (χ0) is 19.9. The van der Waals surface area contributed by atoms with Gasteiger partial charge in [0, 0.05) is 0 Å². The van der Waals surface area contributed by atoms with Gasteiger partial charge in [0.05, 0.1) is 14.2 Å². The first kappa shape index (κ1) is 19.0. The van der Waals surface area contributed by atoms with Crippen LogP contribution in [-0.4, -0.2) is 25.3 Å². The first-order chi connectivity index (χ1) is 13.6. The molecule has 0 aliphatic carbocycles. The van der Waals surface area contributed by atoms with E-state index in [0.29, 0.717) is 17.1 Å². The molecule has 142 valence electrons. The van der Waals surface area contributed by atoms with E-state index in [4.69, 9.17) is 14.2 Å². The number of carboxylic acids is 1. The molecule has 5 heteroatoms. The Morgan fingerprint density at radius 3 is 1.89 bits per heavy atom. The average molecular weight is 376 g/mol. The minimum absolute atomic E-state index is 0.210. The monoisotopic (exact) mass is 376 g/mol. The second-order valence-corrected chi connectivity index (χ2v) is 5.90. The highest BCUT2D eigenvalue weighted by molar-refractivity contribution is 5.90. The molecule has 0 aromatic heterocycles. The van der Waals surface area contributed by atoms with Crippen LogP contribution in [0.15, 0.2) is 78.6 Å². The van der Waals surface area contributed by atoms with E-state index in [1.54, 1.807) is 18.2 Å². The van der Waals surface area contributed by atoms with Gasteiger partial charge in [0.15, 0.2) is 11.5 Å². The lowest BCUT2D eigenvalue weighted by atomic mass is 10.0. The van der Waals surface area contributed by atoms with Gasteiger partial charge in [-0.05, 0) is 34.9 Å². The van der Waals surface area contributed by atoms with Crippen LogP contribution in [0.1, 0.15) is 5.56 Å². The van der Waals surface area contributed by atoms with Crippen LogP contribution < -0.4 is 14.2 Å². The Balaban J connectivity index is 1.91. The lowest BCUT2D eigenvalue weighted by molar-refractivity contribution is -0.134. The Hall–Kier alpha value is -3.73. The number of para-hydroxylation sites is 1. The molecule has 3 aromatic rings. The third kappa shape index (κ3) is 4.32. The van der Waals surface area contributed by atoms with Crippen molar-refractivity contribution in [2.75, 3.05) is 14.2 Å². The molecule has 0 saturated carbocycles. The summed E-state index contributed by atoms with van der Waals surface area (Å²) in [5.74, 6) is -0.464. The van der Waals surface area contributed by atoms with Crippen LogP contribution in [0.2, 0.25) is 0 Å². The predicted molar refractivity (Wildman–Crippen MR) is 108 cm³/mol. The van der Waals surface area contributed by atoms with Crippen LogP contribution in [0, 0.1) is 0 Å². The van der Waals surface area contributed by atoms with E-state index in [1.165, 1.54) is 20.3 Å².